The number of carbonyl (C=O) groups excluding carboxylic acids is 1. The van der Waals surface area contributed by atoms with Crippen LogP contribution in [-0.2, 0) is 0 Å². The Morgan fingerprint density at radius 1 is 1.07 bits per heavy atom. The molecule has 2 aliphatic rings. The van der Waals surface area contributed by atoms with Crippen LogP contribution in [0.4, 0.5) is 5.69 Å². The normalized spacial score (nSPS) is 19.3. The highest BCUT2D eigenvalue weighted by Gasteiger charge is 2.36. The summed E-state index contributed by atoms with van der Waals surface area (Å²) >= 11 is 0. The number of hydrogen-bond acceptors (Lipinski definition) is 5. The number of pyridine rings is 1. The van der Waals surface area contributed by atoms with Crippen LogP contribution >= 0.6 is 0 Å². The van der Waals surface area contributed by atoms with E-state index in [-0.39, 0.29) is 17.3 Å². The van der Waals surface area contributed by atoms with Crippen LogP contribution in [-0.4, -0.2) is 36.1 Å². The smallest absolute Gasteiger partial charge is 0.174 e. The van der Waals surface area contributed by atoms with Crippen LogP contribution in [0.15, 0.2) is 66.9 Å². The first-order chi connectivity index (χ1) is 14.5. The van der Waals surface area contributed by atoms with E-state index < -0.39 is 0 Å². The molecule has 30 heavy (non-hydrogen) atoms. The number of fused-ring (bicyclic) bond motifs is 2. The fourth-order valence-electron chi connectivity index (χ4n) is 4.27. The Morgan fingerprint density at radius 2 is 1.90 bits per heavy atom. The van der Waals surface area contributed by atoms with E-state index in [9.17, 15) is 4.79 Å². The Kier molecular flexibility index (Phi) is 4.46. The summed E-state index contributed by atoms with van der Waals surface area (Å²) in [5, 5.41) is 0. The minimum Gasteiger partial charge on any atom is -0.492 e. The molecule has 0 N–H and O–H groups in total. The van der Waals surface area contributed by atoms with Gasteiger partial charge in [0.2, 0.25) is 0 Å². The molecule has 1 unspecified atom stereocenters. The van der Waals surface area contributed by atoms with Crippen molar-refractivity contribution in [3.8, 4) is 22.8 Å². The molecule has 0 saturated carbocycles. The standard InChI is InChI=1S/C25H24N2O3/c1-25(2)16-27(21-8-3-4-9-23(21)30-25)14-18-15-29-22-11-10-17(13-19(22)24(18)28)20-7-5-6-12-26-20/h3-13,18H,14-16H2,1-2H3. The van der Waals surface area contributed by atoms with Gasteiger partial charge in [-0.1, -0.05) is 18.2 Å². The maximum atomic E-state index is 13.4. The summed E-state index contributed by atoms with van der Waals surface area (Å²) in [7, 11) is 0. The molecule has 2 aliphatic heterocycles. The largest absolute Gasteiger partial charge is 0.492 e. The monoisotopic (exact) mass is 400 g/mol. The van der Waals surface area contributed by atoms with Crippen molar-refractivity contribution in [1.82, 2.24) is 4.98 Å². The highest BCUT2D eigenvalue weighted by Crippen LogP contribution is 2.38. The second kappa shape index (κ2) is 7.17. The summed E-state index contributed by atoms with van der Waals surface area (Å²) in [6.45, 7) is 5.84. The van der Waals surface area contributed by atoms with Crippen molar-refractivity contribution in [2.45, 2.75) is 19.4 Å². The molecule has 0 fully saturated rings. The van der Waals surface area contributed by atoms with E-state index in [1.807, 2.05) is 60.7 Å². The van der Waals surface area contributed by atoms with Gasteiger partial charge in [0.1, 0.15) is 23.7 Å². The zero-order valence-corrected chi connectivity index (χ0v) is 17.2. The molecule has 3 heterocycles. The van der Waals surface area contributed by atoms with E-state index in [1.54, 1.807) is 6.20 Å². The van der Waals surface area contributed by atoms with Gasteiger partial charge in [0.25, 0.3) is 0 Å². The van der Waals surface area contributed by atoms with Gasteiger partial charge in [0.15, 0.2) is 5.78 Å². The second-order valence-electron chi connectivity index (χ2n) is 8.51. The molecule has 1 atom stereocenters. The number of ether oxygens (including phenoxy) is 2. The Balaban J connectivity index is 1.43. The van der Waals surface area contributed by atoms with Crippen molar-refractivity contribution in [1.29, 1.82) is 0 Å². The van der Waals surface area contributed by atoms with Crippen molar-refractivity contribution in [3.05, 3.63) is 72.4 Å². The lowest BCUT2D eigenvalue weighted by Crippen LogP contribution is -2.50. The number of ketones is 1. The maximum Gasteiger partial charge on any atom is 0.174 e. The SMILES string of the molecule is CC1(C)CN(CC2COc3ccc(-c4ccccn4)cc3C2=O)c2ccccc2O1. The van der Waals surface area contributed by atoms with Crippen molar-refractivity contribution in [2.75, 3.05) is 24.6 Å². The molecule has 5 heteroatoms. The lowest BCUT2D eigenvalue weighted by atomic mass is 9.92. The Bertz CT molecular complexity index is 1090. The van der Waals surface area contributed by atoms with E-state index in [4.69, 9.17) is 9.47 Å². The zero-order valence-electron chi connectivity index (χ0n) is 17.2. The third-order valence-corrected chi connectivity index (χ3v) is 5.62. The Labute approximate surface area is 176 Å². The van der Waals surface area contributed by atoms with E-state index >= 15 is 0 Å². The van der Waals surface area contributed by atoms with Crippen LogP contribution in [0.1, 0.15) is 24.2 Å². The van der Waals surface area contributed by atoms with E-state index in [0.717, 1.165) is 22.7 Å². The molecule has 0 radical (unpaired) electrons. The molecule has 0 amide bonds. The molecular formula is C25H24N2O3. The molecule has 152 valence electrons. The van der Waals surface area contributed by atoms with Crippen LogP contribution in [0, 0.1) is 5.92 Å². The third-order valence-electron chi connectivity index (χ3n) is 5.62. The van der Waals surface area contributed by atoms with Crippen LogP contribution in [0.3, 0.4) is 0 Å². The molecule has 3 aromatic rings. The Morgan fingerprint density at radius 3 is 2.73 bits per heavy atom. The number of aromatic nitrogens is 1. The number of benzene rings is 2. The van der Waals surface area contributed by atoms with Gasteiger partial charge in [-0.05, 0) is 56.3 Å². The summed E-state index contributed by atoms with van der Waals surface area (Å²) in [6, 6.07) is 19.5. The highest BCUT2D eigenvalue weighted by atomic mass is 16.5. The lowest BCUT2D eigenvalue weighted by Gasteiger charge is -2.42. The number of anilines is 1. The summed E-state index contributed by atoms with van der Waals surface area (Å²) in [5.74, 6) is 1.39. The zero-order chi connectivity index (χ0) is 20.7. The molecule has 0 aliphatic carbocycles. The van der Waals surface area contributed by atoms with Crippen LogP contribution in [0.2, 0.25) is 0 Å². The molecule has 5 nitrogen and oxygen atoms in total. The fourth-order valence-corrected chi connectivity index (χ4v) is 4.27. The molecule has 0 bridgehead atoms. The molecule has 0 spiro atoms. The number of Topliss-reactive ketones (excluding diaryl/α,β-unsaturated/α-hetero) is 1. The summed E-state index contributed by atoms with van der Waals surface area (Å²) in [4.78, 5) is 20.0. The number of para-hydroxylation sites is 2. The van der Waals surface area contributed by atoms with Gasteiger partial charge < -0.3 is 14.4 Å². The van der Waals surface area contributed by atoms with Gasteiger partial charge in [0.05, 0.1) is 29.4 Å². The number of nitrogens with zero attached hydrogens (tertiary/aromatic N) is 2. The average molecular weight is 400 g/mol. The van der Waals surface area contributed by atoms with Gasteiger partial charge in [0, 0.05) is 18.3 Å². The predicted octanol–water partition coefficient (Wildman–Crippen LogP) is 4.62. The molecule has 2 aromatic carbocycles. The topological polar surface area (TPSA) is 51.7 Å². The van der Waals surface area contributed by atoms with Crippen LogP contribution in [0.25, 0.3) is 11.3 Å². The fraction of sp³-hybridized carbons (Fsp3) is 0.280. The number of hydrogen-bond donors (Lipinski definition) is 0. The maximum absolute atomic E-state index is 13.4. The summed E-state index contributed by atoms with van der Waals surface area (Å²) in [6.07, 6.45) is 1.76. The minimum absolute atomic E-state index is 0.121. The van der Waals surface area contributed by atoms with Crippen molar-refractivity contribution >= 4 is 11.5 Å². The van der Waals surface area contributed by atoms with E-state index in [2.05, 4.69) is 23.7 Å². The predicted molar refractivity (Wildman–Crippen MR) is 116 cm³/mol. The van der Waals surface area contributed by atoms with Crippen molar-refractivity contribution in [3.63, 3.8) is 0 Å². The van der Waals surface area contributed by atoms with Gasteiger partial charge in [-0.15, -0.1) is 0 Å². The average Bonchev–Trinajstić information content (AvgIpc) is 2.75. The first-order valence-electron chi connectivity index (χ1n) is 10.3. The van der Waals surface area contributed by atoms with E-state index in [1.165, 1.54) is 0 Å². The van der Waals surface area contributed by atoms with E-state index in [0.29, 0.717) is 31.0 Å². The van der Waals surface area contributed by atoms with Crippen LogP contribution < -0.4 is 14.4 Å². The second-order valence-corrected chi connectivity index (χ2v) is 8.51. The molecule has 1 aromatic heterocycles. The van der Waals surface area contributed by atoms with Crippen LogP contribution in [0.5, 0.6) is 11.5 Å². The first-order valence-corrected chi connectivity index (χ1v) is 10.3. The molecule has 0 saturated heterocycles. The van der Waals surface area contributed by atoms with Crippen molar-refractivity contribution in [2.24, 2.45) is 5.92 Å². The van der Waals surface area contributed by atoms with Crippen molar-refractivity contribution < 1.29 is 14.3 Å². The third kappa shape index (κ3) is 3.41. The number of carbonyl (C=O) groups is 1. The lowest BCUT2D eigenvalue weighted by molar-refractivity contribution is 0.0802. The molecular weight excluding hydrogens is 376 g/mol. The minimum atomic E-state index is -0.322. The molecule has 5 rings (SSSR count). The van der Waals surface area contributed by atoms with Gasteiger partial charge >= 0.3 is 0 Å². The first kappa shape index (κ1) is 18.7. The Hall–Kier alpha value is -3.34. The quantitative estimate of drug-likeness (QED) is 0.642. The van der Waals surface area contributed by atoms with Gasteiger partial charge in [-0.2, -0.15) is 0 Å². The summed E-state index contributed by atoms with van der Waals surface area (Å²) < 4.78 is 12.1. The van der Waals surface area contributed by atoms with Gasteiger partial charge in [-0.25, -0.2) is 0 Å². The highest BCUT2D eigenvalue weighted by molar-refractivity contribution is 6.02. The van der Waals surface area contributed by atoms with Gasteiger partial charge in [-0.3, -0.25) is 9.78 Å². The number of rotatable bonds is 3. The summed E-state index contributed by atoms with van der Waals surface area (Å²) in [5.41, 5.74) is 3.11.